The fourth-order valence-corrected chi connectivity index (χ4v) is 3.48. The molecule has 0 fully saturated rings. The van der Waals surface area contributed by atoms with Gasteiger partial charge in [-0.05, 0) is 17.5 Å². The molecule has 0 aliphatic rings. The van der Waals surface area contributed by atoms with Crippen molar-refractivity contribution < 1.29 is 4.79 Å². The van der Waals surface area contributed by atoms with Crippen LogP contribution in [0.15, 0.2) is 79.1 Å². The third kappa shape index (κ3) is 3.39. The Morgan fingerprint density at radius 2 is 1.64 bits per heavy atom. The Labute approximate surface area is 164 Å². The van der Waals surface area contributed by atoms with Crippen LogP contribution in [0, 0.1) is 0 Å². The lowest BCUT2D eigenvalue weighted by Crippen LogP contribution is -2.23. The van der Waals surface area contributed by atoms with Gasteiger partial charge in [-0.2, -0.15) is 19.6 Å². The van der Waals surface area contributed by atoms with Gasteiger partial charge in [0, 0.05) is 29.9 Å². The van der Waals surface area contributed by atoms with Crippen molar-refractivity contribution in [2.75, 3.05) is 0 Å². The minimum absolute atomic E-state index is 0.216. The second-order valence-electron chi connectivity index (χ2n) is 7.04. The quantitative estimate of drug-likeness (QED) is 0.509. The van der Waals surface area contributed by atoms with Gasteiger partial charge in [0.15, 0.2) is 0 Å². The summed E-state index contributed by atoms with van der Waals surface area (Å²) in [6.07, 6.45) is 3.87. The van der Waals surface area contributed by atoms with Gasteiger partial charge >= 0.3 is 6.03 Å². The highest BCUT2D eigenvalue weighted by Gasteiger charge is 2.25. The summed E-state index contributed by atoms with van der Waals surface area (Å²) in [5, 5.41) is 8.86. The van der Waals surface area contributed by atoms with Crippen molar-refractivity contribution in [3.63, 3.8) is 0 Å². The standard InChI is InChI=1S/C23H22N4O/c1-17(2)21-20(16-18-10-5-3-6-11-18)27(23(28)26-15-9-14-24-26)25-22(21)19-12-7-4-8-13-19/h3-15,17H,16H2,1-2H3. The molecule has 0 spiro atoms. The number of carbonyl (C=O) groups excluding carboxylic acids is 1. The number of nitrogens with zero attached hydrogens (tertiary/aromatic N) is 4. The van der Waals surface area contributed by atoms with Crippen LogP contribution in [0.1, 0.15) is 36.6 Å². The van der Waals surface area contributed by atoms with E-state index in [9.17, 15) is 4.79 Å². The Hall–Kier alpha value is -3.47. The molecule has 0 aliphatic carbocycles. The maximum atomic E-state index is 13.1. The molecule has 140 valence electrons. The van der Waals surface area contributed by atoms with E-state index in [1.807, 2.05) is 48.5 Å². The first-order valence-corrected chi connectivity index (χ1v) is 9.40. The number of aromatic nitrogens is 4. The van der Waals surface area contributed by atoms with Crippen LogP contribution in [0.4, 0.5) is 4.79 Å². The van der Waals surface area contributed by atoms with Crippen LogP contribution in [0.2, 0.25) is 0 Å². The zero-order valence-electron chi connectivity index (χ0n) is 16.0. The zero-order chi connectivity index (χ0) is 19.5. The molecule has 4 aromatic rings. The Morgan fingerprint density at radius 3 is 2.25 bits per heavy atom. The molecule has 5 nitrogen and oxygen atoms in total. The van der Waals surface area contributed by atoms with Crippen molar-refractivity contribution in [2.45, 2.75) is 26.2 Å². The average molecular weight is 370 g/mol. The van der Waals surface area contributed by atoms with Gasteiger partial charge in [-0.15, -0.1) is 0 Å². The lowest BCUT2D eigenvalue weighted by Gasteiger charge is -2.12. The van der Waals surface area contributed by atoms with Crippen molar-refractivity contribution in [3.8, 4) is 11.3 Å². The Morgan fingerprint density at radius 1 is 0.964 bits per heavy atom. The van der Waals surface area contributed by atoms with Gasteiger partial charge in [0.05, 0.1) is 11.4 Å². The minimum Gasteiger partial charge on any atom is -0.244 e. The van der Waals surface area contributed by atoms with E-state index >= 15 is 0 Å². The molecule has 0 N–H and O–H groups in total. The molecule has 0 amide bonds. The fourth-order valence-electron chi connectivity index (χ4n) is 3.48. The van der Waals surface area contributed by atoms with Crippen LogP contribution in [0.25, 0.3) is 11.3 Å². The largest absolute Gasteiger partial charge is 0.369 e. The molecular formula is C23H22N4O. The molecule has 2 aromatic carbocycles. The summed E-state index contributed by atoms with van der Waals surface area (Å²) < 4.78 is 2.83. The molecule has 5 heteroatoms. The molecule has 28 heavy (non-hydrogen) atoms. The lowest BCUT2D eigenvalue weighted by molar-refractivity contribution is 0.237. The summed E-state index contributed by atoms with van der Waals surface area (Å²) in [4.78, 5) is 13.1. The SMILES string of the molecule is CC(C)c1c(-c2ccccc2)nn(C(=O)n2cccn2)c1Cc1ccccc1. The van der Waals surface area contributed by atoms with Gasteiger partial charge < -0.3 is 0 Å². The molecule has 2 aromatic heterocycles. The smallest absolute Gasteiger partial charge is 0.244 e. The molecule has 0 atom stereocenters. The van der Waals surface area contributed by atoms with Crippen molar-refractivity contribution >= 4 is 6.03 Å². The molecule has 0 saturated heterocycles. The van der Waals surface area contributed by atoms with Crippen LogP contribution in [-0.2, 0) is 6.42 Å². The van der Waals surface area contributed by atoms with E-state index in [1.54, 1.807) is 18.5 Å². The third-order valence-corrected chi connectivity index (χ3v) is 4.74. The zero-order valence-corrected chi connectivity index (χ0v) is 16.0. The van der Waals surface area contributed by atoms with Crippen LogP contribution in [-0.4, -0.2) is 25.6 Å². The van der Waals surface area contributed by atoms with E-state index in [2.05, 4.69) is 31.1 Å². The number of benzene rings is 2. The van der Waals surface area contributed by atoms with Gasteiger partial charge in [0.25, 0.3) is 0 Å². The van der Waals surface area contributed by atoms with E-state index in [-0.39, 0.29) is 11.9 Å². The number of hydrogen-bond acceptors (Lipinski definition) is 3. The molecule has 0 bridgehead atoms. The van der Waals surface area contributed by atoms with Gasteiger partial charge in [0.2, 0.25) is 0 Å². The van der Waals surface area contributed by atoms with E-state index in [4.69, 9.17) is 5.10 Å². The highest BCUT2D eigenvalue weighted by atomic mass is 16.2. The fraction of sp³-hybridized carbons (Fsp3) is 0.174. The van der Waals surface area contributed by atoms with Crippen molar-refractivity contribution in [1.29, 1.82) is 0 Å². The normalized spacial score (nSPS) is 11.1. The second kappa shape index (κ2) is 7.64. The minimum atomic E-state index is -0.278. The summed E-state index contributed by atoms with van der Waals surface area (Å²) in [6.45, 7) is 4.28. The molecule has 0 aliphatic heterocycles. The Bertz CT molecular complexity index is 1060. The predicted octanol–water partition coefficient (Wildman–Crippen LogP) is 4.98. The summed E-state index contributed by atoms with van der Waals surface area (Å²) >= 11 is 0. The maximum absolute atomic E-state index is 13.1. The summed E-state index contributed by atoms with van der Waals surface area (Å²) in [6, 6.07) is 21.6. The van der Waals surface area contributed by atoms with Crippen molar-refractivity contribution in [3.05, 3.63) is 95.9 Å². The third-order valence-electron chi connectivity index (χ3n) is 4.74. The van der Waals surface area contributed by atoms with Crippen molar-refractivity contribution in [2.24, 2.45) is 0 Å². The molecule has 2 heterocycles. The predicted molar refractivity (Wildman–Crippen MR) is 109 cm³/mol. The molecular weight excluding hydrogens is 348 g/mol. The topological polar surface area (TPSA) is 52.7 Å². The average Bonchev–Trinajstić information content (AvgIpc) is 3.37. The summed E-state index contributed by atoms with van der Waals surface area (Å²) in [7, 11) is 0. The summed E-state index contributed by atoms with van der Waals surface area (Å²) in [5.41, 5.74) is 4.99. The first-order valence-electron chi connectivity index (χ1n) is 9.40. The maximum Gasteiger partial charge on any atom is 0.369 e. The molecule has 0 saturated carbocycles. The second-order valence-corrected chi connectivity index (χ2v) is 7.04. The molecule has 0 unspecified atom stereocenters. The van der Waals surface area contributed by atoms with Gasteiger partial charge in [-0.25, -0.2) is 4.79 Å². The molecule has 0 radical (unpaired) electrons. The number of carbonyl (C=O) groups is 1. The van der Waals surface area contributed by atoms with Crippen LogP contribution in [0.5, 0.6) is 0 Å². The van der Waals surface area contributed by atoms with Crippen LogP contribution in [0.3, 0.4) is 0 Å². The first-order chi connectivity index (χ1) is 13.6. The number of rotatable bonds is 4. The van der Waals surface area contributed by atoms with Gasteiger partial charge in [-0.3, -0.25) is 0 Å². The van der Waals surface area contributed by atoms with Gasteiger partial charge in [0.1, 0.15) is 0 Å². The first kappa shape index (κ1) is 17.9. The van der Waals surface area contributed by atoms with E-state index in [0.717, 1.165) is 28.1 Å². The summed E-state index contributed by atoms with van der Waals surface area (Å²) in [5.74, 6) is 0.216. The monoisotopic (exact) mass is 370 g/mol. The Kier molecular flexibility index (Phi) is 4.89. The lowest BCUT2D eigenvalue weighted by atomic mass is 9.94. The van der Waals surface area contributed by atoms with E-state index in [0.29, 0.717) is 6.42 Å². The van der Waals surface area contributed by atoms with E-state index in [1.165, 1.54) is 9.36 Å². The van der Waals surface area contributed by atoms with Crippen LogP contribution >= 0.6 is 0 Å². The number of hydrogen-bond donors (Lipinski definition) is 0. The van der Waals surface area contributed by atoms with Crippen molar-refractivity contribution in [1.82, 2.24) is 19.6 Å². The van der Waals surface area contributed by atoms with E-state index < -0.39 is 0 Å². The Balaban J connectivity index is 1.92. The molecule has 4 rings (SSSR count). The highest BCUT2D eigenvalue weighted by molar-refractivity contribution is 5.80. The highest BCUT2D eigenvalue weighted by Crippen LogP contribution is 2.33. The van der Waals surface area contributed by atoms with Gasteiger partial charge in [-0.1, -0.05) is 74.5 Å². The van der Waals surface area contributed by atoms with Crippen LogP contribution < -0.4 is 0 Å².